The molecule has 4 amide bonds. The predicted octanol–water partition coefficient (Wildman–Crippen LogP) is 4.74. The highest BCUT2D eigenvalue weighted by molar-refractivity contribution is 6.22. The Hall–Kier alpha value is -3.36. The van der Waals surface area contributed by atoms with E-state index in [9.17, 15) is 27.6 Å². The first-order chi connectivity index (χ1) is 13.4. The van der Waals surface area contributed by atoms with Crippen LogP contribution < -0.4 is 10.6 Å². The summed E-state index contributed by atoms with van der Waals surface area (Å²) in [5.74, 6) is -0.892. The zero-order valence-electron chi connectivity index (χ0n) is 15.8. The maximum absolute atomic E-state index is 12.8. The van der Waals surface area contributed by atoms with Crippen molar-refractivity contribution in [1.29, 1.82) is 0 Å². The highest BCUT2D eigenvalue weighted by Gasteiger charge is 2.41. The summed E-state index contributed by atoms with van der Waals surface area (Å²) >= 11 is 0. The summed E-state index contributed by atoms with van der Waals surface area (Å²) in [6.45, 7) is 5.20. The zero-order chi connectivity index (χ0) is 21.6. The van der Waals surface area contributed by atoms with Gasteiger partial charge < -0.3 is 10.6 Å². The van der Waals surface area contributed by atoms with Crippen molar-refractivity contribution in [2.24, 2.45) is 0 Å². The molecule has 1 aliphatic rings. The molecule has 2 N–H and O–H groups in total. The molecule has 9 heteroatoms. The summed E-state index contributed by atoms with van der Waals surface area (Å²) in [7, 11) is 0. The molecule has 6 nitrogen and oxygen atoms in total. The summed E-state index contributed by atoms with van der Waals surface area (Å²) in [5.41, 5.74) is -1.02. The van der Waals surface area contributed by atoms with Gasteiger partial charge in [-0.25, -0.2) is 4.79 Å². The van der Waals surface area contributed by atoms with Crippen LogP contribution in [-0.2, 0) is 6.18 Å². The van der Waals surface area contributed by atoms with E-state index >= 15 is 0 Å². The standard InChI is InChI=1S/C20H18F3N3O3/c1-19(2,3)26-16(27)14-8-7-13(10-15(14)17(26)28)25-18(29)24-12-6-4-5-11(9-12)20(21,22)23/h4-10H,1-3H3,(H2,24,25,29). The van der Waals surface area contributed by atoms with E-state index in [0.29, 0.717) is 0 Å². The highest BCUT2D eigenvalue weighted by atomic mass is 19.4. The Balaban J connectivity index is 1.77. The summed E-state index contributed by atoms with van der Waals surface area (Å²) in [4.78, 5) is 38.3. The number of carbonyl (C=O) groups excluding carboxylic acids is 3. The molecular formula is C20H18F3N3O3. The molecule has 2 aromatic carbocycles. The van der Waals surface area contributed by atoms with Crippen molar-refractivity contribution in [1.82, 2.24) is 4.90 Å². The van der Waals surface area contributed by atoms with E-state index in [0.717, 1.165) is 17.0 Å². The number of anilines is 2. The Bertz CT molecular complexity index is 1010. The van der Waals surface area contributed by atoms with E-state index < -0.39 is 35.1 Å². The van der Waals surface area contributed by atoms with Crippen molar-refractivity contribution in [3.63, 3.8) is 0 Å². The van der Waals surface area contributed by atoms with Crippen LogP contribution in [0.2, 0.25) is 0 Å². The molecule has 3 rings (SSSR count). The molecule has 2 aromatic rings. The number of carbonyl (C=O) groups is 3. The van der Waals surface area contributed by atoms with E-state index in [1.807, 2.05) is 0 Å². The number of alkyl halides is 3. The largest absolute Gasteiger partial charge is 0.416 e. The van der Waals surface area contributed by atoms with Gasteiger partial charge in [-0.05, 0) is 57.2 Å². The second-order valence-electron chi connectivity index (χ2n) is 7.53. The van der Waals surface area contributed by atoms with Crippen LogP contribution >= 0.6 is 0 Å². The average molecular weight is 405 g/mol. The third kappa shape index (κ3) is 4.08. The van der Waals surface area contributed by atoms with E-state index in [4.69, 9.17) is 0 Å². The van der Waals surface area contributed by atoms with Crippen LogP contribution in [0.15, 0.2) is 42.5 Å². The first-order valence-corrected chi connectivity index (χ1v) is 8.66. The number of hydrogen-bond donors (Lipinski definition) is 2. The van der Waals surface area contributed by atoms with Crippen molar-refractivity contribution in [3.05, 3.63) is 59.2 Å². The molecule has 0 unspecified atom stereocenters. The Morgan fingerprint density at radius 1 is 0.862 bits per heavy atom. The number of imide groups is 1. The summed E-state index contributed by atoms with van der Waals surface area (Å²) in [5, 5.41) is 4.77. The van der Waals surface area contributed by atoms with Crippen molar-refractivity contribution in [2.45, 2.75) is 32.5 Å². The summed E-state index contributed by atoms with van der Waals surface area (Å²) in [6.07, 6.45) is -4.53. The van der Waals surface area contributed by atoms with Crippen molar-refractivity contribution in [3.8, 4) is 0 Å². The molecule has 0 atom stereocenters. The Morgan fingerprint density at radius 3 is 2.03 bits per heavy atom. The Kier molecular flexibility index (Phi) is 4.86. The van der Waals surface area contributed by atoms with Gasteiger partial charge in [-0.15, -0.1) is 0 Å². The van der Waals surface area contributed by atoms with Gasteiger partial charge in [-0.2, -0.15) is 13.2 Å². The minimum Gasteiger partial charge on any atom is -0.308 e. The predicted molar refractivity (Wildman–Crippen MR) is 101 cm³/mol. The van der Waals surface area contributed by atoms with Gasteiger partial charge in [-0.1, -0.05) is 6.07 Å². The first kappa shape index (κ1) is 20.4. The first-order valence-electron chi connectivity index (χ1n) is 8.66. The van der Waals surface area contributed by atoms with Gasteiger partial charge in [0.25, 0.3) is 11.8 Å². The molecular weight excluding hydrogens is 387 g/mol. The fourth-order valence-corrected chi connectivity index (χ4v) is 2.99. The molecule has 0 radical (unpaired) electrons. The summed E-state index contributed by atoms with van der Waals surface area (Å²) in [6, 6.07) is 7.67. The van der Waals surface area contributed by atoms with Crippen molar-refractivity contribution in [2.75, 3.05) is 10.6 Å². The van der Waals surface area contributed by atoms with Crippen LogP contribution in [0.25, 0.3) is 0 Å². The number of halogens is 3. The molecule has 0 saturated heterocycles. The molecule has 0 aromatic heterocycles. The molecule has 1 heterocycles. The zero-order valence-corrected chi connectivity index (χ0v) is 15.8. The van der Waals surface area contributed by atoms with Crippen molar-refractivity contribution < 1.29 is 27.6 Å². The normalized spacial score (nSPS) is 14.1. The van der Waals surface area contributed by atoms with Gasteiger partial charge >= 0.3 is 12.2 Å². The SMILES string of the molecule is CC(C)(C)N1C(=O)c2ccc(NC(=O)Nc3cccc(C(F)(F)F)c3)cc2C1=O. The van der Waals surface area contributed by atoms with E-state index in [2.05, 4.69) is 10.6 Å². The lowest BCUT2D eigenvalue weighted by atomic mass is 10.1. The van der Waals surface area contributed by atoms with Crippen LogP contribution in [-0.4, -0.2) is 28.3 Å². The maximum atomic E-state index is 12.8. The molecule has 0 fully saturated rings. The minimum atomic E-state index is -4.53. The molecule has 0 bridgehead atoms. The maximum Gasteiger partial charge on any atom is 0.416 e. The number of urea groups is 1. The molecule has 1 aliphatic heterocycles. The van der Waals surface area contributed by atoms with Gasteiger partial charge in [-0.3, -0.25) is 14.5 Å². The molecule has 152 valence electrons. The molecule has 0 saturated carbocycles. The monoisotopic (exact) mass is 405 g/mol. The second-order valence-corrected chi connectivity index (χ2v) is 7.53. The van der Waals surface area contributed by atoms with Crippen LogP contribution in [0.5, 0.6) is 0 Å². The van der Waals surface area contributed by atoms with Crippen LogP contribution in [0.1, 0.15) is 47.1 Å². The number of amides is 4. The highest BCUT2D eigenvalue weighted by Crippen LogP contribution is 2.32. The smallest absolute Gasteiger partial charge is 0.308 e. The van der Waals surface area contributed by atoms with Gasteiger partial charge in [0, 0.05) is 16.9 Å². The number of nitrogens with zero attached hydrogens (tertiary/aromatic N) is 1. The number of hydrogen-bond acceptors (Lipinski definition) is 3. The van der Waals surface area contributed by atoms with Crippen LogP contribution in [0, 0.1) is 0 Å². The Morgan fingerprint density at radius 2 is 1.45 bits per heavy atom. The van der Waals surface area contributed by atoms with Gasteiger partial charge in [0.05, 0.1) is 16.7 Å². The number of benzene rings is 2. The fourth-order valence-electron chi connectivity index (χ4n) is 2.99. The van der Waals surface area contributed by atoms with E-state index in [1.54, 1.807) is 20.8 Å². The van der Waals surface area contributed by atoms with Gasteiger partial charge in [0.2, 0.25) is 0 Å². The second kappa shape index (κ2) is 6.91. The number of nitrogens with one attached hydrogen (secondary N) is 2. The molecule has 0 aliphatic carbocycles. The third-order valence-corrected chi connectivity index (χ3v) is 4.26. The number of rotatable bonds is 2. The molecule has 0 spiro atoms. The average Bonchev–Trinajstić information content (AvgIpc) is 2.84. The van der Waals surface area contributed by atoms with Gasteiger partial charge in [0.1, 0.15) is 0 Å². The minimum absolute atomic E-state index is 0.0383. The van der Waals surface area contributed by atoms with Crippen LogP contribution in [0.3, 0.4) is 0 Å². The van der Waals surface area contributed by atoms with E-state index in [1.165, 1.54) is 30.3 Å². The van der Waals surface area contributed by atoms with Gasteiger partial charge in [0.15, 0.2) is 0 Å². The lowest BCUT2D eigenvalue weighted by Gasteiger charge is -2.29. The molecule has 29 heavy (non-hydrogen) atoms. The lowest BCUT2D eigenvalue weighted by molar-refractivity contribution is -0.137. The quantitative estimate of drug-likeness (QED) is 0.708. The number of fused-ring (bicyclic) bond motifs is 1. The fraction of sp³-hybridized carbons (Fsp3) is 0.250. The van der Waals surface area contributed by atoms with E-state index in [-0.39, 0.29) is 22.5 Å². The van der Waals surface area contributed by atoms with Crippen molar-refractivity contribution >= 4 is 29.2 Å². The topological polar surface area (TPSA) is 78.5 Å². The Labute approximate surface area is 164 Å². The lowest BCUT2D eigenvalue weighted by Crippen LogP contribution is -2.45. The third-order valence-electron chi connectivity index (χ3n) is 4.26. The van der Waals surface area contributed by atoms with Crippen LogP contribution in [0.4, 0.5) is 29.3 Å². The summed E-state index contributed by atoms with van der Waals surface area (Å²) < 4.78 is 38.3.